The molecule has 17 heavy (non-hydrogen) atoms. The van der Waals surface area contributed by atoms with E-state index in [4.69, 9.17) is 5.11 Å². The minimum Gasteiger partial charge on any atom is -0.481 e. The van der Waals surface area contributed by atoms with Crippen LogP contribution in [0.25, 0.3) is 0 Å². The summed E-state index contributed by atoms with van der Waals surface area (Å²) in [5.41, 5.74) is 0. The van der Waals surface area contributed by atoms with Gasteiger partial charge in [-0.2, -0.15) is 0 Å². The summed E-state index contributed by atoms with van der Waals surface area (Å²) in [5.74, 6) is -0.410. The number of carbonyl (C=O) groups is 2. The van der Waals surface area contributed by atoms with Crippen molar-refractivity contribution in [3.63, 3.8) is 0 Å². The van der Waals surface area contributed by atoms with Crippen LogP contribution in [0.2, 0.25) is 0 Å². The molecule has 0 radical (unpaired) electrons. The highest BCUT2D eigenvalue weighted by atomic mass is 16.4. The van der Waals surface area contributed by atoms with E-state index in [9.17, 15) is 9.59 Å². The van der Waals surface area contributed by atoms with Crippen LogP contribution in [0, 0.1) is 23.7 Å². The maximum absolute atomic E-state index is 11.7. The van der Waals surface area contributed by atoms with E-state index in [0.29, 0.717) is 18.3 Å². The van der Waals surface area contributed by atoms with E-state index in [1.165, 1.54) is 0 Å². The molecule has 1 aliphatic rings. The van der Waals surface area contributed by atoms with Crippen LogP contribution in [0.5, 0.6) is 0 Å². The lowest BCUT2D eigenvalue weighted by Gasteiger charge is -2.17. The van der Waals surface area contributed by atoms with Crippen molar-refractivity contribution < 1.29 is 14.7 Å². The Labute approximate surface area is 103 Å². The van der Waals surface area contributed by atoms with E-state index in [0.717, 1.165) is 12.8 Å². The van der Waals surface area contributed by atoms with Crippen molar-refractivity contribution in [3.05, 3.63) is 0 Å². The average molecular weight is 241 g/mol. The van der Waals surface area contributed by atoms with Crippen LogP contribution < -0.4 is 5.32 Å². The molecule has 1 fully saturated rings. The first-order valence-corrected chi connectivity index (χ1v) is 6.42. The van der Waals surface area contributed by atoms with Crippen LogP contribution >= 0.6 is 0 Å². The van der Waals surface area contributed by atoms with Gasteiger partial charge in [-0.1, -0.05) is 20.8 Å². The first-order valence-electron chi connectivity index (χ1n) is 6.42. The second-order valence-electron chi connectivity index (χ2n) is 5.54. The average Bonchev–Trinajstić information content (AvgIpc) is 3.05. The van der Waals surface area contributed by atoms with Crippen LogP contribution in [0.3, 0.4) is 0 Å². The number of hydrogen-bond acceptors (Lipinski definition) is 2. The molecule has 2 N–H and O–H groups in total. The number of nitrogens with one attached hydrogen (secondary N) is 1. The lowest BCUT2D eigenvalue weighted by Crippen LogP contribution is -2.37. The molecule has 1 amide bonds. The molecule has 1 rings (SSSR count). The predicted molar refractivity (Wildman–Crippen MR) is 65.5 cm³/mol. The van der Waals surface area contributed by atoms with Gasteiger partial charge in [0.05, 0.1) is 5.92 Å². The number of amides is 1. The van der Waals surface area contributed by atoms with Crippen LogP contribution in [0.1, 0.15) is 40.0 Å². The van der Waals surface area contributed by atoms with Gasteiger partial charge in [-0.05, 0) is 31.1 Å². The maximum atomic E-state index is 11.7. The van der Waals surface area contributed by atoms with Crippen molar-refractivity contribution in [2.75, 3.05) is 6.54 Å². The molecule has 0 aromatic carbocycles. The zero-order valence-electron chi connectivity index (χ0n) is 10.9. The van der Waals surface area contributed by atoms with E-state index in [-0.39, 0.29) is 18.4 Å². The Morgan fingerprint density at radius 1 is 1.29 bits per heavy atom. The fourth-order valence-electron chi connectivity index (χ4n) is 2.04. The second-order valence-corrected chi connectivity index (χ2v) is 5.54. The molecule has 0 aromatic heterocycles. The van der Waals surface area contributed by atoms with Crippen molar-refractivity contribution in [2.45, 2.75) is 40.0 Å². The zero-order valence-corrected chi connectivity index (χ0v) is 10.9. The van der Waals surface area contributed by atoms with Gasteiger partial charge < -0.3 is 10.4 Å². The van der Waals surface area contributed by atoms with Gasteiger partial charge in [-0.3, -0.25) is 9.59 Å². The summed E-state index contributed by atoms with van der Waals surface area (Å²) in [6, 6.07) is 0. The van der Waals surface area contributed by atoms with Crippen LogP contribution in [-0.4, -0.2) is 23.5 Å². The molecular weight excluding hydrogens is 218 g/mol. The summed E-state index contributed by atoms with van der Waals surface area (Å²) in [4.78, 5) is 22.7. The van der Waals surface area contributed by atoms with E-state index in [1.807, 2.05) is 20.8 Å². The van der Waals surface area contributed by atoms with Gasteiger partial charge in [0.2, 0.25) is 5.91 Å². The molecule has 0 bridgehead atoms. The van der Waals surface area contributed by atoms with Crippen molar-refractivity contribution in [3.8, 4) is 0 Å². The Balaban J connectivity index is 2.34. The van der Waals surface area contributed by atoms with Gasteiger partial charge in [-0.15, -0.1) is 0 Å². The van der Waals surface area contributed by atoms with E-state index in [1.54, 1.807) is 0 Å². The lowest BCUT2D eigenvalue weighted by molar-refractivity contribution is -0.142. The van der Waals surface area contributed by atoms with Crippen molar-refractivity contribution >= 4 is 11.9 Å². The standard InChI is InChI=1S/C13H23NO3/c1-8(2)6-11(13(16)17)7-14-12(15)9(3)10-4-5-10/h8-11H,4-7H2,1-3H3,(H,14,15)(H,16,17). The molecule has 4 nitrogen and oxygen atoms in total. The normalized spacial score (nSPS) is 18.8. The van der Waals surface area contributed by atoms with E-state index >= 15 is 0 Å². The topological polar surface area (TPSA) is 66.4 Å². The van der Waals surface area contributed by atoms with Crippen molar-refractivity contribution in [2.24, 2.45) is 23.7 Å². The van der Waals surface area contributed by atoms with Crippen molar-refractivity contribution in [1.29, 1.82) is 0 Å². The van der Waals surface area contributed by atoms with E-state index in [2.05, 4.69) is 5.32 Å². The molecule has 1 saturated carbocycles. The quantitative estimate of drug-likeness (QED) is 0.715. The minimum atomic E-state index is -0.821. The fourth-order valence-corrected chi connectivity index (χ4v) is 2.04. The van der Waals surface area contributed by atoms with Gasteiger partial charge in [0.1, 0.15) is 0 Å². The van der Waals surface area contributed by atoms with Crippen LogP contribution in [0.15, 0.2) is 0 Å². The van der Waals surface area contributed by atoms with Crippen molar-refractivity contribution in [1.82, 2.24) is 5.32 Å². The number of hydrogen-bond donors (Lipinski definition) is 2. The molecule has 0 spiro atoms. The lowest BCUT2D eigenvalue weighted by atomic mass is 9.96. The highest BCUT2D eigenvalue weighted by molar-refractivity contribution is 5.79. The van der Waals surface area contributed by atoms with Crippen LogP contribution in [0.4, 0.5) is 0 Å². The third-order valence-electron chi connectivity index (χ3n) is 3.37. The molecule has 0 saturated heterocycles. The Bertz CT molecular complexity index is 284. The second kappa shape index (κ2) is 6.03. The van der Waals surface area contributed by atoms with Crippen LogP contribution in [-0.2, 0) is 9.59 Å². The highest BCUT2D eigenvalue weighted by Crippen LogP contribution is 2.36. The number of carboxylic acids is 1. The predicted octanol–water partition coefficient (Wildman–Crippen LogP) is 1.90. The summed E-state index contributed by atoms with van der Waals surface area (Å²) in [6.07, 6.45) is 2.86. The summed E-state index contributed by atoms with van der Waals surface area (Å²) in [7, 11) is 0. The van der Waals surface area contributed by atoms with Gasteiger partial charge >= 0.3 is 5.97 Å². The smallest absolute Gasteiger partial charge is 0.308 e. The summed E-state index contributed by atoms with van der Waals surface area (Å²) >= 11 is 0. The molecule has 0 aliphatic heterocycles. The summed E-state index contributed by atoms with van der Waals surface area (Å²) in [5, 5.41) is 11.8. The minimum absolute atomic E-state index is 0.00232. The first kappa shape index (κ1) is 14.0. The van der Waals surface area contributed by atoms with Gasteiger partial charge in [0.25, 0.3) is 0 Å². The molecule has 0 heterocycles. The Morgan fingerprint density at radius 2 is 1.88 bits per heavy atom. The molecular formula is C13H23NO3. The first-order chi connectivity index (χ1) is 7.91. The number of carbonyl (C=O) groups excluding carboxylic acids is 1. The molecule has 1 aliphatic carbocycles. The maximum Gasteiger partial charge on any atom is 0.308 e. The molecule has 98 valence electrons. The number of aliphatic carboxylic acids is 1. The Hall–Kier alpha value is -1.06. The Morgan fingerprint density at radius 3 is 2.29 bits per heavy atom. The SMILES string of the molecule is CC(C)CC(CNC(=O)C(C)C1CC1)C(=O)O. The highest BCUT2D eigenvalue weighted by Gasteiger charge is 2.33. The largest absolute Gasteiger partial charge is 0.481 e. The Kier molecular flexibility index (Phi) is 4.97. The third-order valence-corrected chi connectivity index (χ3v) is 3.37. The van der Waals surface area contributed by atoms with Gasteiger partial charge in [0.15, 0.2) is 0 Å². The number of rotatable bonds is 7. The third kappa shape index (κ3) is 4.75. The molecule has 2 unspecified atom stereocenters. The van der Waals surface area contributed by atoms with Gasteiger partial charge in [-0.25, -0.2) is 0 Å². The molecule has 2 atom stereocenters. The van der Waals surface area contributed by atoms with E-state index < -0.39 is 11.9 Å². The summed E-state index contributed by atoms with van der Waals surface area (Å²) < 4.78 is 0. The monoisotopic (exact) mass is 241 g/mol. The zero-order chi connectivity index (χ0) is 13.0. The summed E-state index contributed by atoms with van der Waals surface area (Å²) in [6.45, 7) is 6.16. The number of carboxylic acid groups (broad SMARTS) is 1. The van der Waals surface area contributed by atoms with Gasteiger partial charge in [0, 0.05) is 12.5 Å². The molecule has 0 aromatic rings. The fraction of sp³-hybridized carbons (Fsp3) is 0.846. The molecule has 4 heteroatoms.